The number of anilines is 1. The van der Waals surface area contributed by atoms with E-state index >= 15 is 0 Å². The van der Waals surface area contributed by atoms with Crippen LogP contribution in [-0.4, -0.2) is 25.7 Å². The Morgan fingerprint density at radius 2 is 2.26 bits per heavy atom. The summed E-state index contributed by atoms with van der Waals surface area (Å²) < 4.78 is 19.0. The second-order valence-electron chi connectivity index (χ2n) is 4.86. The highest BCUT2D eigenvalue weighted by molar-refractivity contribution is 5.93. The number of carbonyl (C=O) groups excluding carboxylic acids is 1. The number of nitrogens with one attached hydrogen (secondary N) is 1. The molecule has 1 aromatic carbocycles. The summed E-state index contributed by atoms with van der Waals surface area (Å²) in [7, 11) is 0. The smallest absolute Gasteiger partial charge is 0.251 e. The molecule has 1 saturated carbocycles. The molecule has 0 aromatic heterocycles. The first kappa shape index (κ1) is 13.8. The highest BCUT2D eigenvalue weighted by Gasteiger charge is 2.16. The van der Waals surface area contributed by atoms with Gasteiger partial charge in [0.1, 0.15) is 5.82 Å². The number of hydrogen-bond acceptors (Lipinski definition) is 3. The van der Waals surface area contributed by atoms with Gasteiger partial charge in [0.25, 0.3) is 5.91 Å². The molecule has 0 unspecified atom stereocenters. The maximum atomic E-state index is 13.5. The fourth-order valence-corrected chi connectivity index (χ4v) is 2.00. The number of primary amides is 1. The van der Waals surface area contributed by atoms with Crippen molar-refractivity contribution >= 4 is 11.6 Å². The Labute approximate surface area is 112 Å². The molecule has 1 fully saturated rings. The molecule has 19 heavy (non-hydrogen) atoms. The Balaban J connectivity index is 1.70. The van der Waals surface area contributed by atoms with Crippen molar-refractivity contribution in [3.8, 4) is 0 Å². The van der Waals surface area contributed by atoms with Gasteiger partial charge in [0.15, 0.2) is 0 Å². The average Bonchev–Trinajstić information content (AvgIpc) is 2.31. The van der Waals surface area contributed by atoms with Gasteiger partial charge in [-0.3, -0.25) is 4.79 Å². The van der Waals surface area contributed by atoms with Crippen molar-refractivity contribution < 1.29 is 13.9 Å². The zero-order chi connectivity index (χ0) is 13.7. The van der Waals surface area contributed by atoms with Crippen LogP contribution in [0.4, 0.5) is 10.1 Å². The summed E-state index contributed by atoms with van der Waals surface area (Å²) >= 11 is 0. The maximum absolute atomic E-state index is 13.5. The molecule has 2 rings (SSSR count). The predicted molar refractivity (Wildman–Crippen MR) is 71.6 cm³/mol. The zero-order valence-electron chi connectivity index (χ0n) is 10.8. The molecule has 0 atom stereocenters. The molecule has 0 aliphatic heterocycles. The number of nitrogens with two attached hydrogens (primary N) is 1. The molecule has 5 heteroatoms. The van der Waals surface area contributed by atoms with Gasteiger partial charge in [-0.25, -0.2) is 4.39 Å². The minimum atomic E-state index is -0.757. The van der Waals surface area contributed by atoms with E-state index in [0.717, 1.165) is 12.5 Å². The summed E-state index contributed by atoms with van der Waals surface area (Å²) in [5, 5.41) is 3.04. The molecule has 0 bridgehead atoms. The molecule has 4 nitrogen and oxygen atoms in total. The van der Waals surface area contributed by atoms with Crippen LogP contribution in [0.2, 0.25) is 0 Å². The summed E-state index contributed by atoms with van der Waals surface area (Å²) in [5.74, 6) is -0.631. The normalized spacial score (nSPS) is 15.0. The van der Waals surface area contributed by atoms with Crippen molar-refractivity contribution in [2.75, 3.05) is 25.1 Å². The molecule has 1 aliphatic rings. The van der Waals surface area contributed by atoms with Crippen LogP contribution < -0.4 is 11.1 Å². The van der Waals surface area contributed by atoms with Crippen LogP contribution in [0.15, 0.2) is 18.2 Å². The highest BCUT2D eigenvalue weighted by Crippen LogP contribution is 2.26. The molecule has 0 saturated heterocycles. The van der Waals surface area contributed by atoms with Crippen molar-refractivity contribution in [3.63, 3.8) is 0 Å². The third kappa shape index (κ3) is 3.92. The van der Waals surface area contributed by atoms with Crippen LogP contribution in [0.25, 0.3) is 0 Å². The number of hydrogen-bond donors (Lipinski definition) is 2. The average molecular weight is 266 g/mol. The second kappa shape index (κ2) is 6.52. The van der Waals surface area contributed by atoms with Gasteiger partial charge in [0, 0.05) is 18.8 Å². The van der Waals surface area contributed by atoms with Gasteiger partial charge in [-0.05, 0) is 37.0 Å². The van der Waals surface area contributed by atoms with E-state index in [1.807, 2.05) is 0 Å². The van der Waals surface area contributed by atoms with Crippen LogP contribution in [0, 0.1) is 11.7 Å². The molecule has 1 aliphatic carbocycles. The van der Waals surface area contributed by atoms with Gasteiger partial charge in [-0.2, -0.15) is 0 Å². The van der Waals surface area contributed by atoms with E-state index < -0.39 is 11.7 Å². The Kier molecular flexibility index (Phi) is 4.74. The molecule has 0 heterocycles. The molecule has 1 amide bonds. The standard InChI is InChI=1S/C14H19FN2O2/c15-13-8-11(4-5-12(13)14(16)18)17-6-7-19-9-10-2-1-3-10/h4-5,8,10,17H,1-3,6-7,9H2,(H2,16,18). The lowest BCUT2D eigenvalue weighted by Gasteiger charge is -2.24. The van der Waals surface area contributed by atoms with Crippen LogP contribution in [0.5, 0.6) is 0 Å². The molecule has 3 N–H and O–H groups in total. The number of carbonyl (C=O) groups is 1. The molecule has 0 radical (unpaired) electrons. The SMILES string of the molecule is NC(=O)c1ccc(NCCOCC2CCC2)cc1F. The molecule has 104 valence electrons. The van der Waals surface area contributed by atoms with Crippen LogP contribution in [0.3, 0.4) is 0 Å². The topological polar surface area (TPSA) is 64.4 Å². The number of rotatable bonds is 7. The van der Waals surface area contributed by atoms with Crippen molar-refractivity contribution in [2.45, 2.75) is 19.3 Å². The first-order valence-electron chi connectivity index (χ1n) is 6.58. The third-order valence-electron chi connectivity index (χ3n) is 3.39. The third-order valence-corrected chi connectivity index (χ3v) is 3.39. The number of amides is 1. The Hall–Kier alpha value is -1.62. The predicted octanol–water partition coefficient (Wildman–Crippen LogP) is 2.15. The molecular formula is C14H19FN2O2. The summed E-state index contributed by atoms with van der Waals surface area (Å²) in [4.78, 5) is 10.9. The van der Waals surface area contributed by atoms with Crippen molar-refractivity contribution in [3.05, 3.63) is 29.6 Å². The Bertz CT molecular complexity index is 447. The van der Waals surface area contributed by atoms with Gasteiger partial charge in [-0.15, -0.1) is 0 Å². The highest BCUT2D eigenvalue weighted by atomic mass is 19.1. The van der Waals surface area contributed by atoms with Gasteiger partial charge in [-0.1, -0.05) is 6.42 Å². The van der Waals surface area contributed by atoms with E-state index in [1.54, 1.807) is 6.07 Å². The second-order valence-corrected chi connectivity index (χ2v) is 4.86. The lowest BCUT2D eigenvalue weighted by molar-refractivity contribution is 0.0767. The van der Waals surface area contributed by atoms with E-state index in [-0.39, 0.29) is 5.56 Å². The molecule has 0 spiro atoms. The number of ether oxygens (including phenoxy) is 1. The Morgan fingerprint density at radius 1 is 1.47 bits per heavy atom. The van der Waals surface area contributed by atoms with Gasteiger partial charge in [0.05, 0.1) is 12.2 Å². The van der Waals surface area contributed by atoms with E-state index in [9.17, 15) is 9.18 Å². The summed E-state index contributed by atoms with van der Waals surface area (Å²) in [5.41, 5.74) is 5.56. The van der Waals surface area contributed by atoms with Gasteiger partial charge >= 0.3 is 0 Å². The Morgan fingerprint density at radius 3 is 2.84 bits per heavy atom. The van der Waals surface area contributed by atoms with Crippen LogP contribution in [-0.2, 0) is 4.74 Å². The summed E-state index contributed by atoms with van der Waals surface area (Å²) in [6.45, 7) is 2.02. The van der Waals surface area contributed by atoms with E-state index in [1.165, 1.54) is 31.4 Å². The van der Waals surface area contributed by atoms with E-state index in [4.69, 9.17) is 10.5 Å². The first-order chi connectivity index (χ1) is 9.16. The van der Waals surface area contributed by atoms with Crippen LogP contribution in [0.1, 0.15) is 29.6 Å². The summed E-state index contributed by atoms with van der Waals surface area (Å²) in [6, 6.07) is 4.29. The van der Waals surface area contributed by atoms with E-state index in [0.29, 0.717) is 18.8 Å². The van der Waals surface area contributed by atoms with E-state index in [2.05, 4.69) is 5.32 Å². The lowest BCUT2D eigenvalue weighted by Crippen LogP contribution is -2.20. The number of halogens is 1. The monoisotopic (exact) mass is 266 g/mol. The molecule has 1 aromatic rings. The van der Waals surface area contributed by atoms with Crippen molar-refractivity contribution in [2.24, 2.45) is 11.7 Å². The van der Waals surface area contributed by atoms with Gasteiger partial charge in [0.2, 0.25) is 0 Å². The van der Waals surface area contributed by atoms with Crippen molar-refractivity contribution in [1.29, 1.82) is 0 Å². The first-order valence-corrected chi connectivity index (χ1v) is 6.58. The van der Waals surface area contributed by atoms with Crippen molar-refractivity contribution in [1.82, 2.24) is 0 Å². The maximum Gasteiger partial charge on any atom is 0.251 e. The quantitative estimate of drug-likeness (QED) is 0.743. The summed E-state index contributed by atoms with van der Waals surface area (Å²) in [6.07, 6.45) is 3.86. The largest absolute Gasteiger partial charge is 0.383 e. The number of benzene rings is 1. The molecular weight excluding hydrogens is 247 g/mol. The van der Waals surface area contributed by atoms with Crippen LogP contribution >= 0.6 is 0 Å². The zero-order valence-corrected chi connectivity index (χ0v) is 10.8. The lowest BCUT2D eigenvalue weighted by atomic mass is 9.86. The minimum Gasteiger partial charge on any atom is -0.383 e. The minimum absolute atomic E-state index is 0.0909. The fraction of sp³-hybridized carbons (Fsp3) is 0.500. The van der Waals surface area contributed by atoms with Gasteiger partial charge < -0.3 is 15.8 Å². The fourth-order valence-electron chi connectivity index (χ4n) is 2.00.